The van der Waals surface area contributed by atoms with Crippen molar-refractivity contribution < 1.29 is 8.91 Å². The first-order valence-corrected chi connectivity index (χ1v) is 5.86. The van der Waals surface area contributed by atoms with Crippen LogP contribution in [0, 0.1) is 19.7 Å². The monoisotopic (exact) mass is 249 g/mol. The van der Waals surface area contributed by atoms with Gasteiger partial charge in [0.05, 0.1) is 11.9 Å². The van der Waals surface area contributed by atoms with Gasteiger partial charge in [-0.05, 0) is 26.0 Å². The van der Waals surface area contributed by atoms with E-state index < -0.39 is 0 Å². The third-order valence-electron chi connectivity index (χ3n) is 2.90. The van der Waals surface area contributed by atoms with E-state index in [1.54, 1.807) is 6.07 Å². The van der Waals surface area contributed by atoms with E-state index in [4.69, 9.17) is 4.52 Å². The van der Waals surface area contributed by atoms with Crippen LogP contribution in [0.4, 0.5) is 10.2 Å². The molecule has 0 fully saturated rings. The Bertz CT molecular complexity index is 502. The standard InChI is InChI=1S/C13H16FN3O/c1-8(13-9(2)17-18-10(13)3)6-15-12-5-4-11(14)7-16-12/h4-5,7-8H,6H2,1-3H3,(H,15,16)/t8-/m1/s1. The Labute approximate surface area is 105 Å². The zero-order valence-corrected chi connectivity index (χ0v) is 10.7. The molecule has 0 aliphatic carbocycles. The van der Waals surface area contributed by atoms with E-state index in [1.807, 2.05) is 13.8 Å². The van der Waals surface area contributed by atoms with Crippen molar-refractivity contribution in [2.45, 2.75) is 26.7 Å². The van der Waals surface area contributed by atoms with Crippen LogP contribution in [0.1, 0.15) is 29.9 Å². The number of anilines is 1. The molecule has 0 saturated carbocycles. The van der Waals surface area contributed by atoms with Crippen molar-refractivity contribution in [3.63, 3.8) is 0 Å². The quantitative estimate of drug-likeness (QED) is 0.904. The topological polar surface area (TPSA) is 51.0 Å². The van der Waals surface area contributed by atoms with Gasteiger partial charge in [-0.25, -0.2) is 9.37 Å². The fourth-order valence-corrected chi connectivity index (χ4v) is 2.03. The van der Waals surface area contributed by atoms with Crippen LogP contribution < -0.4 is 5.32 Å². The Kier molecular flexibility index (Phi) is 3.60. The normalized spacial score (nSPS) is 12.4. The molecule has 0 saturated heterocycles. The van der Waals surface area contributed by atoms with Gasteiger partial charge in [-0.3, -0.25) is 0 Å². The summed E-state index contributed by atoms with van der Waals surface area (Å²) in [6.07, 6.45) is 1.20. The van der Waals surface area contributed by atoms with Crippen LogP contribution >= 0.6 is 0 Å². The van der Waals surface area contributed by atoms with E-state index in [0.29, 0.717) is 12.4 Å². The highest BCUT2D eigenvalue weighted by Crippen LogP contribution is 2.23. The first-order valence-electron chi connectivity index (χ1n) is 5.86. The average Bonchev–Trinajstić information content (AvgIpc) is 2.68. The van der Waals surface area contributed by atoms with Crippen LogP contribution in [0.2, 0.25) is 0 Å². The molecule has 0 aliphatic rings. The summed E-state index contributed by atoms with van der Waals surface area (Å²) in [6, 6.07) is 3.01. The lowest BCUT2D eigenvalue weighted by atomic mass is 9.99. The third kappa shape index (κ3) is 2.67. The third-order valence-corrected chi connectivity index (χ3v) is 2.90. The molecular formula is C13H16FN3O. The molecule has 0 bridgehead atoms. The number of rotatable bonds is 4. The molecular weight excluding hydrogens is 233 g/mol. The highest BCUT2D eigenvalue weighted by Gasteiger charge is 2.16. The molecule has 0 unspecified atom stereocenters. The molecule has 1 N–H and O–H groups in total. The molecule has 0 spiro atoms. The Morgan fingerprint density at radius 1 is 1.39 bits per heavy atom. The maximum Gasteiger partial charge on any atom is 0.141 e. The van der Waals surface area contributed by atoms with Crippen molar-refractivity contribution in [3.05, 3.63) is 41.2 Å². The highest BCUT2D eigenvalue weighted by molar-refractivity contribution is 5.35. The van der Waals surface area contributed by atoms with Crippen molar-refractivity contribution in [2.24, 2.45) is 0 Å². The number of pyridine rings is 1. The molecule has 2 aromatic rings. The predicted molar refractivity (Wildman–Crippen MR) is 67.1 cm³/mol. The van der Waals surface area contributed by atoms with E-state index in [0.717, 1.165) is 17.0 Å². The van der Waals surface area contributed by atoms with E-state index in [-0.39, 0.29) is 11.7 Å². The molecule has 4 nitrogen and oxygen atoms in total. The van der Waals surface area contributed by atoms with Gasteiger partial charge >= 0.3 is 0 Å². The second-order valence-corrected chi connectivity index (χ2v) is 4.38. The van der Waals surface area contributed by atoms with Crippen LogP contribution in [0.3, 0.4) is 0 Å². The minimum Gasteiger partial charge on any atom is -0.369 e. The van der Waals surface area contributed by atoms with E-state index in [2.05, 4.69) is 22.4 Å². The van der Waals surface area contributed by atoms with Gasteiger partial charge in [0.1, 0.15) is 17.4 Å². The minimum atomic E-state index is -0.334. The molecule has 0 aliphatic heterocycles. The second kappa shape index (κ2) is 5.16. The van der Waals surface area contributed by atoms with Gasteiger partial charge in [0, 0.05) is 18.0 Å². The van der Waals surface area contributed by atoms with Gasteiger partial charge in [0.2, 0.25) is 0 Å². The number of hydrogen-bond acceptors (Lipinski definition) is 4. The van der Waals surface area contributed by atoms with Crippen LogP contribution in [0.5, 0.6) is 0 Å². The van der Waals surface area contributed by atoms with Gasteiger partial charge in [-0.1, -0.05) is 12.1 Å². The van der Waals surface area contributed by atoms with Crippen molar-refractivity contribution in [1.29, 1.82) is 0 Å². The van der Waals surface area contributed by atoms with Crippen LogP contribution in [-0.4, -0.2) is 16.7 Å². The zero-order chi connectivity index (χ0) is 13.1. The Hall–Kier alpha value is -1.91. The number of nitrogens with zero attached hydrogens (tertiary/aromatic N) is 2. The average molecular weight is 249 g/mol. The van der Waals surface area contributed by atoms with Gasteiger partial charge in [-0.2, -0.15) is 0 Å². The number of aryl methyl sites for hydroxylation is 2. The molecule has 0 radical (unpaired) electrons. The molecule has 96 valence electrons. The van der Waals surface area contributed by atoms with E-state index in [9.17, 15) is 4.39 Å². The summed E-state index contributed by atoms with van der Waals surface area (Å²) < 4.78 is 17.8. The van der Waals surface area contributed by atoms with Gasteiger partial charge in [0.15, 0.2) is 0 Å². The van der Waals surface area contributed by atoms with Gasteiger partial charge in [-0.15, -0.1) is 0 Å². The number of aromatic nitrogens is 2. The fourth-order valence-electron chi connectivity index (χ4n) is 2.03. The molecule has 2 rings (SSSR count). The summed E-state index contributed by atoms with van der Waals surface area (Å²) in [7, 11) is 0. The summed E-state index contributed by atoms with van der Waals surface area (Å²) in [5, 5.41) is 7.10. The zero-order valence-electron chi connectivity index (χ0n) is 10.7. The van der Waals surface area contributed by atoms with E-state index >= 15 is 0 Å². The SMILES string of the molecule is Cc1noc(C)c1[C@H](C)CNc1ccc(F)cn1. The first-order chi connectivity index (χ1) is 8.58. The molecule has 2 aromatic heterocycles. The van der Waals surface area contributed by atoms with Crippen LogP contribution in [0.15, 0.2) is 22.9 Å². The largest absolute Gasteiger partial charge is 0.369 e. The molecule has 0 aromatic carbocycles. The van der Waals surface area contributed by atoms with Crippen LogP contribution in [-0.2, 0) is 0 Å². The molecule has 0 amide bonds. The van der Waals surface area contributed by atoms with Crippen molar-refractivity contribution in [2.75, 3.05) is 11.9 Å². The molecule has 18 heavy (non-hydrogen) atoms. The van der Waals surface area contributed by atoms with Crippen LogP contribution in [0.25, 0.3) is 0 Å². The summed E-state index contributed by atoms with van der Waals surface area (Å²) >= 11 is 0. The number of hydrogen-bond donors (Lipinski definition) is 1. The smallest absolute Gasteiger partial charge is 0.141 e. The summed E-state index contributed by atoms with van der Waals surface area (Å²) in [6.45, 7) is 6.62. The summed E-state index contributed by atoms with van der Waals surface area (Å²) in [4.78, 5) is 3.95. The lowest BCUT2D eigenvalue weighted by Crippen LogP contribution is -2.12. The first kappa shape index (κ1) is 12.5. The predicted octanol–water partition coefficient (Wildman–Crippen LogP) is 3.04. The van der Waals surface area contributed by atoms with Gasteiger partial charge < -0.3 is 9.84 Å². The highest BCUT2D eigenvalue weighted by atomic mass is 19.1. The minimum absolute atomic E-state index is 0.253. The van der Waals surface area contributed by atoms with E-state index in [1.165, 1.54) is 12.3 Å². The lowest BCUT2D eigenvalue weighted by Gasteiger charge is -2.12. The molecule has 2 heterocycles. The van der Waals surface area contributed by atoms with Gasteiger partial charge in [0.25, 0.3) is 0 Å². The van der Waals surface area contributed by atoms with Crippen molar-refractivity contribution in [3.8, 4) is 0 Å². The Morgan fingerprint density at radius 2 is 2.17 bits per heavy atom. The van der Waals surface area contributed by atoms with Crippen molar-refractivity contribution in [1.82, 2.24) is 10.1 Å². The number of halogens is 1. The summed E-state index contributed by atoms with van der Waals surface area (Å²) in [5.74, 6) is 1.42. The second-order valence-electron chi connectivity index (χ2n) is 4.38. The molecule has 5 heteroatoms. The lowest BCUT2D eigenvalue weighted by molar-refractivity contribution is 0.391. The fraction of sp³-hybridized carbons (Fsp3) is 0.385. The maximum absolute atomic E-state index is 12.7. The molecule has 1 atom stereocenters. The Morgan fingerprint density at radius 3 is 2.72 bits per heavy atom. The number of nitrogens with one attached hydrogen (secondary N) is 1. The maximum atomic E-state index is 12.7. The summed E-state index contributed by atoms with van der Waals surface area (Å²) in [5.41, 5.74) is 2.03. The Balaban J connectivity index is 2.00. The van der Waals surface area contributed by atoms with Crippen molar-refractivity contribution >= 4 is 5.82 Å².